The van der Waals surface area contributed by atoms with Gasteiger partial charge in [-0.1, -0.05) is 0 Å². The Labute approximate surface area is 65.3 Å². The van der Waals surface area contributed by atoms with Gasteiger partial charge in [-0.25, -0.2) is 13.6 Å². The zero-order valence-corrected chi connectivity index (χ0v) is 5.93. The van der Waals surface area contributed by atoms with Gasteiger partial charge in [-0.2, -0.15) is 0 Å². The normalized spacial score (nSPS) is 10.6. The summed E-state index contributed by atoms with van der Waals surface area (Å²) in [5.74, 6) is 0. The molecule has 0 bridgehead atoms. The average Bonchev–Trinajstić information content (AvgIpc) is 1.94. The summed E-state index contributed by atoms with van der Waals surface area (Å²) >= 11 is 0. The summed E-state index contributed by atoms with van der Waals surface area (Å²) in [7, 11) is 0. The first-order valence-corrected chi connectivity index (χ1v) is 3.18. The Hall–Kier alpha value is -1.46. The fourth-order valence-electron chi connectivity index (χ4n) is 0.756. The van der Waals surface area contributed by atoms with E-state index in [1.807, 2.05) is 4.98 Å². The lowest BCUT2D eigenvalue weighted by atomic mass is 10.2. The van der Waals surface area contributed by atoms with Gasteiger partial charge in [0.1, 0.15) is 0 Å². The Morgan fingerprint density at radius 1 is 1.42 bits per heavy atom. The molecule has 0 saturated carbocycles. The summed E-state index contributed by atoms with van der Waals surface area (Å²) in [4.78, 5) is 25.1. The number of halogens is 2. The molecule has 6 heteroatoms. The molecule has 1 aromatic rings. The Bertz CT molecular complexity index is 368. The van der Waals surface area contributed by atoms with Gasteiger partial charge in [0, 0.05) is 18.2 Å². The maximum Gasteiger partial charge on any atom is 0.325 e. The fraction of sp³-hybridized carbons (Fsp3) is 0.333. The molecule has 0 unspecified atom stereocenters. The summed E-state index contributed by atoms with van der Waals surface area (Å²) < 4.78 is 23.5. The van der Waals surface area contributed by atoms with Crippen LogP contribution in [0.1, 0.15) is 5.56 Å². The molecule has 0 atom stereocenters. The van der Waals surface area contributed by atoms with E-state index in [0.717, 1.165) is 6.20 Å². The van der Waals surface area contributed by atoms with Gasteiger partial charge in [-0.05, 0) is 0 Å². The van der Waals surface area contributed by atoms with Gasteiger partial charge in [-0.15, -0.1) is 0 Å². The van der Waals surface area contributed by atoms with Gasteiger partial charge in [-0.3, -0.25) is 9.78 Å². The quantitative estimate of drug-likeness (QED) is 0.659. The van der Waals surface area contributed by atoms with Crippen LogP contribution in [0.2, 0.25) is 0 Å². The summed E-state index contributed by atoms with van der Waals surface area (Å²) in [5.41, 5.74) is -1.58. The molecule has 0 spiro atoms. The Balaban J connectivity index is 3.02. The van der Waals surface area contributed by atoms with E-state index in [0.29, 0.717) is 0 Å². The monoisotopic (exact) mass is 176 g/mol. The molecule has 0 aliphatic heterocycles. The lowest BCUT2D eigenvalue weighted by Crippen LogP contribution is -2.25. The van der Waals surface area contributed by atoms with Crippen LogP contribution in [0.15, 0.2) is 15.8 Å². The van der Waals surface area contributed by atoms with Crippen molar-refractivity contribution >= 4 is 0 Å². The molecule has 1 rings (SSSR count). The molecule has 0 radical (unpaired) electrons. The minimum Gasteiger partial charge on any atom is -0.314 e. The Morgan fingerprint density at radius 2 is 2.08 bits per heavy atom. The predicted octanol–water partition coefficient (Wildman–Crippen LogP) is -0.129. The lowest BCUT2D eigenvalue weighted by Gasteiger charge is -1.96. The lowest BCUT2D eigenvalue weighted by molar-refractivity contribution is 0.148. The van der Waals surface area contributed by atoms with Crippen LogP contribution in [0.5, 0.6) is 0 Å². The molecule has 0 aromatic carbocycles. The second-order valence-corrected chi connectivity index (χ2v) is 2.19. The number of aromatic amines is 2. The van der Waals surface area contributed by atoms with Crippen molar-refractivity contribution in [3.05, 3.63) is 32.6 Å². The second kappa shape index (κ2) is 3.29. The third-order valence-corrected chi connectivity index (χ3v) is 1.27. The van der Waals surface area contributed by atoms with Crippen LogP contribution in [0.4, 0.5) is 8.78 Å². The van der Waals surface area contributed by atoms with Crippen LogP contribution in [0.3, 0.4) is 0 Å². The smallest absolute Gasteiger partial charge is 0.314 e. The van der Waals surface area contributed by atoms with Crippen LogP contribution >= 0.6 is 0 Å². The standard InChI is InChI=1S/C6H6F2N2O2/c7-4(8)1-3-2-9-6(12)10-5(3)11/h2,4H,1H2,(H2,9,10,11,12). The highest BCUT2D eigenvalue weighted by atomic mass is 19.3. The summed E-state index contributed by atoms with van der Waals surface area (Å²) in [6, 6.07) is 0. The average molecular weight is 176 g/mol. The van der Waals surface area contributed by atoms with Crippen LogP contribution < -0.4 is 11.2 Å². The van der Waals surface area contributed by atoms with Crippen molar-refractivity contribution in [2.24, 2.45) is 0 Å². The number of hydrogen-bond acceptors (Lipinski definition) is 2. The molecule has 1 aromatic heterocycles. The van der Waals surface area contributed by atoms with Crippen molar-refractivity contribution in [3.63, 3.8) is 0 Å². The highest BCUT2D eigenvalue weighted by molar-refractivity contribution is 5.03. The molecule has 0 saturated heterocycles. The highest BCUT2D eigenvalue weighted by Gasteiger charge is 2.07. The van der Waals surface area contributed by atoms with Crippen molar-refractivity contribution in [2.75, 3.05) is 0 Å². The van der Waals surface area contributed by atoms with Crippen molar-refractivity contribution in [3.8, 4) is 0 Å². The molecular formula is C6H6F2N2O2. The molecule has 4 nitrogen and oxygen atoms in total. The molecule has 2 N–H and O–H groups in total. The van der Waals surface area contributed by atoms with E-state index in [4.69, 9.17) is 0 Å². The second-order valence-electron chi connectivity index (χ2n) is 2.19. The van der Waals surface area contributed by atoms with Crippen molar-refractivity contribution in [1.82, 2.24) is 9.97 Å². The van der Waals surface area contributed by atoms with E-state index in [2.05, 4.69) is 4.98 Å². The SMILES string of the molecule is O=c1[nH]cc(CC(F)F)c(=O)[nH]1. The zero-order chi connectivity index (χ0) is 9.14. The molecule has 66 valence electrons. The summed E-state index contributed by atoms with van der Waals surface area (Å²) in [6.45, 7) is 0. The predicted molar refractivity (Wildman–Crippen MR) is 37.4 cm³/mol. The first-order valence-electron chi connectivity index (χ1n) is 3.18. The Kier molecular flexibility index (Phi) is 2.37. The van der Waals surface area contributed by atoms with Crippen molar-refractivity contribution < 1.29 is 8.78 Å². The van der Waals surface area contributed by atoms with Crippen molar-refractivity contribution in [2.45, 2.75) is 12.8 Å². The van der Waals surface area contributed by atoms with Gasteiger partial charge in [0.2, 0.25) is 6.43 Å². The van der Waals surface area contributed by atoms with Gasteiger partial charge in [0.05, 0.1) is 0 Å². The number of rotatable bonds is 2. The van der Waals surface area contributed by atoms with E-state index < -0.39 is 24.1 Å². The van der Waals surface area contributed by atoms with Crippen LogP contribution in [-0.2, 0) is 6.42 Å². The van der Waals surface area contributed by atoms with E-state index in [9.17, 15) is 18.4 Å². The third kappa shape index (κ3) is 2.01. The number of aromatic nitrogens is 2. The maximum absolute atomic E-state index is 11.8. The number of hydrogen-bond donors (Lipinski definition) is 2. The summed E-state index contributed by atoms with van der Waals surface area (Å²) in [6.07, 6.45) is -2.24. The van der Waals surface area contributed by atoms with Gasteiger partial charge >= 0.3 is 5.69 Å². The van der Waals surface area contributed by atoms with Gasteiger partial charge < -0.3 is 4.98 Å². The fourth-order valence-corrected chi connectivity index (χ4v) is 0.756. The van der Waals surface area contributed by atoms with E-state index in [-0.39, 0.29) is 5.56 Å². The van der Waals surface area contributed by atoms with E-state index in [1.54, 1.807) is 0 Å². The molecule has 0 fully saturated rings. The molecular weight excluding hydrogens is 170 g/mol. The molecule has 0 aliphatic carbocycles. The van der Waals surface area contributed by atoms with E-state index >= 15 is 0 Å². The first kappa shape index (κ1) is 8.63. The molecule has 12 heavy (non-hydrogen) atoms. The van der Waals surface area contributed by atoms with Crippen LogP contribution in [-0.4, -0.2) is 16.4 Å². The number of alkyl halides is 2. The minimum atomic E-state index is -2.59. The maximum atomic E-state index is 11.8. The Morgan fingerprint density at radius 3 is 2.58 bits per heavy atom. The molecule has 1 heterocycles. The van der Waals surface area contributed by atoms with Crippen molar-refractivity contribution in [1.29, 1.82) is 0 Å². The number of nitrogens with one attached hydrogen (secondary N) is 2. The molecule has 0 aliphatic rings. The van der Waals surface area contributed by atoms with Gasteiger partial charge in [0.15, 0.2) is 0 Å². The van der Waals surface area contributed by atoms with Crippen LogP contribution in [0.25, 0.3) is 0 Å². The summed E-state index contributed by atoms with van der Waals surface area (Å²) in [5, 5.41) is 0. The first-order chi connectivity index (χ1) is 5.59. The molecule has 0 amide bonds. The zero-order valence-electron chi connectivity index (χ0n) is 5.93. The topological polar surface area (TPSA) is 65.7 Å². The largest absolute Gasteiger partial charge is 0.325 e. The van der Waals surface area contributed by atoms with E-state index in [1.165, 1.54) is 0 Å². The number of H-pyrrole nitrogens is 2. The van der Waals surface area contributed by atoms with Crippen LogP contribution in [0, 0.1) is 0 Å². The van der Waals surface area contributed by atoms with Gasteiger partial charge in [0.25, 0.3) is 5.56 Å². The highest BCUT2D eigenvalue weighted by Crippen LogP contribution is 1.99. The third-order valence-electron chi connectivity index (χ3n) is 1.27. The minimum absolute atomic E-state index is 0.121.